The van der Waals surface area contributed by atoms with E-state index < -0.39 is 0 Å². The van der Waals surface area contributed by atoms with Gasteiger partial charge in [0.05, 0.1) is 11.8 Å². The van der Waals surface area contributed by atoms with E-state index in [1.807, 2.05) is 43.0 Å². The van der Waals surface area contributed by atoms with E-state index >= 15 is 0 Å². The van der Waals surface area contributed by atoms with Gasteiger partial charge in [0.25, 0.3) is 0 Å². The van der Waals surface area contributed by atoms with Gasteiger partial charge >= 0.3 is 0 Å². The summed E-state index contributed by atoms with van der Waals surface area (Å²) in [6, 6.07) is 7.51. The van der Waals surface area contributed by atoms with Gasteiger partial charge in [0.15, 0.2) is 0 Å². The van der Waals surface area contributed by atoms with Crippen molar-refractivity contribution >= 4 is 17.5 Å². The van der Waals surface area contributed by atoms with E-state index in [2.05, 4.69) is 0 Å². The Labute approximate surface area is 150 Å². The first-order valence-corrected chi connectivity index (χ1v) is 9.30. The van der Waals surface area contributed by atoms with E-state index in [1.54, 1.807) is 4.90 Å². The molecule has 0 spiro atoms. The van der Waals surface area contributed by atoms with Crippen molar-refractivity contribution in [3.8, 4) is 5.75 Å². The lowest BCUT2D eigenvalue weighted by molar-refractivity contribution is -0.131. The Morgan fingerprint density at radius 3 is 2.36 bits per heavy atom. The van der Waals surface area contributed by atoms with Crippen LogP contribution in [0.15, 0.2) is 24.3 Å². The van der Waals surface area contributed by atoms with Crippen LogP contribution in [0.25, 0.3) is 0 Å². The number of benzene rings is 1. The highest BCUT2D eigenvalue weighted by molar-refractivity contribution is 5.93. The third-order valence-corrected chi connectivity index (χ3v) is 4.41. The van der Waals surface area contributed by atoms with Crippen molar-refractivity contribution in [2.45, 2.75) is 59.0 Å². The average molecular weight is 346 g/mol. The summed E-state index contributed by atoms with van der Waals surface area (Å²) in [7, 11) is 0. The van der Waals surface area contributed by atoms with Crippen LogP contribution in [-0.2, 0) is 9.59 Å². The molecule has 0 saturated carbocycles. The molecular weight excluding hydrogens is 316 g/mol. The third-order valence-electron chi connectivity index (χ3n) is 4.41. The van der Waals surface area contributed by atoms with Crippen LogP contribution in [0.1, 0.15) is 52.9 Å². The Morgan fingerprint density at radius 1 is 1.12 bits per heavy atom. The third kappa shape index (κ3) is 5.76. The number of nitrogens with zero attached hydrogens (tertiary/aromatic N) is 2. The molecule has 1 aromatic carbocycles. The highest BCUT2D eigenvalue weighted by atomic mass is 16.5. The molecule has 5 heteroatoms. The molecule has 0 bridgehead atoms. The Kier molecular flexibility index (Phi) is 7.29. The maximum absolute atomic E-state index is 12.5. The molecule has 0 N–H and O–H groups in total. The molecule has 0 atom stereocenters. The molecule has 0 unspecified atom stereocenters. The lowest BCUT2D eigenvalue weighted by Gasteiger charge is -2.26. The van der Waals surface area contributed by atoms with Crippen molar-refractivity contribution in [3.05, 3.63) is 24.3 Å². The number of ether oxygens (including phenoxy) is 1. The zero-order valence-electron chi connectivity index (χ0n) is 15.7. The molecule has 1 saturated heterocycles. The predicted octanol–water partition coefficient (Wildman–Crippen LogP) is 3.62. The number of anilines is 1. The highest BCUT2D eigenvalue weighted by Gasteiger charge is 2.20. The van der Waals surface area contributed by atoms with Crippen molar-refractivity contribution < 1.29 is 14.3 Å². The standard InChI is InChI=1S/C20H30N2O3/c1-16(2)25-19-11-7-6-10-18(19)22(17(3)23)15-12-20(24)21-13-8-4-5-9-14-21/h6-7,10-11,16H,4-5,8-9,12-15H2,1-3H3. The normalized spacial score (nSPS) is 15.0. The summed E-state index contributed by atoms with van der Waals surface area (Å²) in [5.74, 6) is 0.730. The largest absolute Gasteiger partial charge is 0.489 e. The summed E-state index contributed by atoms with van der Waals surface area (Å²) in [4.78, 5) is 28.3. The maximum Gasteiger partial charge on any atom is 0.224 e. The first kappa shape index (κ1) is 19.3. The van der Waals surface area contributed by atoms with E-state index in [-0.39, 0.29) is 17.9 Å². The molecule has 1 aliphatic heterocycles. The minimum atomic E-state index is -0.0801. The summed E-state index contributed by atoms with van der Waals surface area (Å²) in [6.45, 7) is 7.50. The molecule has 1 aromatic rings. The lowest BCUT2D eigenvalue weighted by Crippen LogP contribution is -2.37. The number of hydrogen-bond acceptors (Lipinski definition) is 3. The number of hydrogen-bond donors (Lipinski definition) is 0. The molecule has 0 aromatic heterocycles. The van der Waals surface area contributed by atoms with Crippen LogP contribution in [0, 0.1) is 0 Å². The first-order valence-electron chi connectivity index (χ1n) is 9.30. The van der Waals surface area contributed by atoms with E-state index in [0.29, 0.717) is 18.7 Å². The molecule has 5 nitrogen and oxygen atoms in total. The van der Waals surface area contributed by atoms with Gasteiger partial charge in [-0.05, 0) is 38.8 Å². The van der Waals surface area contributed by atoms with E-state index in [1.165, 1.54) is 19.8 Å². The molecule has 2 rings (SSSR count). The van der Waals surface area contributed by atoms with E-state index in [9.17, 15) is 9.59 Å². The minimum Gasteiger partial charge on any atom is -0.489 e. The number of likely N-dealkylation sites (tertiary alicyclic amines) is 1. The number of carbonyl (C=O) groups is 2. The van der Waals surface area contributed by atoms with Crippen molar-refractivity contribution in [1.29, 1.82) is 0 Å². The fraction of sp³-hybridized carbons (Fsp3) is 0.600. The Hall–Kier alpha value is -2.04. The topological polar surface area (TPSA) is 49.9 Å². The lowest BCUT2D eigenvalue weighted by atomic mass is 10.2. The van der Waals surface area contributed by atoms with E-state index in [0.717, 1.165) is 31.6 Å². The van der Waals surface area contributed by atoms with Gasteiger partial charge in [0, 0.05) is 33.0 Å². The van der Waals surface area contributed by atoms with Gasteiger partial charge < -0.3 is 14.5 Å². The molecule has 1 fully saturated rings. The van der Waals surface area contributed by atoms with Crippen molar-refractivity contribution in [2.24, 2.45) is 0 Å². The second kappa shape index (κ2) is 9.44. The quantitative estimate of drug-likeness (QED) is 0.790. The van der Waals surface area contributed by atoms with Crippen LogP contribution < -0.4 is 9.64 Å². The van der Waals surface area contributed by atoms with Crippen molar-refractivity contribution in [1.82, 2.24) is 4.90 Å². The van der Waals surface area contributed by atoms with Gasteiger partial charge in [-0.25, -0.2) is 0 Å². The summed E-state index contributed by atoms with van der Waals surface area (Å²) in [5, 5.41) is 0. The number of rotatable bonds is 6. The Bertz CT molecular complexity index is 578. The smallest absolute Gasteiger partial charge is 0.224 e. The van der Waals surface area contributed by atoms with Crippen LogP contribution >= 0.6 is 0 Å². The van der Waals surface area contributed by atoms with Crippen molar-refractivity contribution in [2.75, 3.05) is 24.5 Å². The van der Waals surface area contributed by atoms with Gasteiger partial charge in [-0.1, -0.05) is 25.0 Å². The van der Waals surface area contributed by atoms with Gasteiger partial charge in [-0.2, -0.15) is 0 Å². The van der Waals surface area contributed by atoms with Gasteiger partial charge in [-0.15, -0.1) is 0 Å². The van der Waals surface area contributed by atoms with Gasteiger partial charge in [0.2, 0.25) is 11.8 Å². The molecule has 25 heavy (non-hydrogen) atoms. The molecule has 1 aliphatic rings. The van der Waals surface area contributed by atoms with Crippen molar-refractivity contribution in [3.63, 3.8) is 0 Å². The van der Waals surface area contributed by atoms with E-state index in [4.69, 9.17) is 4.74 Å². The molecule has 1 heterocycles. The number of para-hydroxylation sites is 2. The zero-order chi connectivity index (χ0) is 18.2. The molecule has 0 radical (unpaired) electrons. The number of amides is 2. The predicted molar refractivity (Wildman–Crippen MR) is 99.9 cm³/mol. The van der Waals surface area contributed by atoms with Crippen LogP contribution in [-0.4, -0.2) is 42.5 Å². The fourth-order valence-corrected chi connectivity index (χ4v) is 3.17. The maximum atomic E-state index is 12.5. The van der Waals surface area contributed by atoms with Crippen LogP contribution in [0.4, 0.5) is 5.69 Å². The summed E-state index contributed by atoms with van der Waals surface area (Å²) < 4.78 is 5.83. The Balaban J connectivity index is 2.06. The van der Waals surface area contributed by atoms with Crippen LogP contribution in [0.5, 0.6) is 5.75 Å². The zero-order valence-corrected chi connectivity index (χ0v) is 15.7. The Morgan fingerprint density at radius 2 is 1.76 bits per heavy atom. The minimum absolute atomic E-state index is 0.0219. The monoisotopic (exact) mass is 346 g/mol. The molecule has 0 aliphatic carbocycles. The van der Waals surface area contributed by atoms with Crippen LogP contribution in [0.3, 0.4) is 0 Å². The van der Waals surface area contributed by atoms with Gasteiger partial charge in [0.1, 0.15) is 5.75 Å². The summed E-state index contributed by atoms with van der Waals surface area (Å²) >= 11 is 0. The second-order valence-electron chi connectivity index (χ2n) is 6.85. The molecule has 138 valence electrons. The SMILES string of the molecule is CC(=O)N(CCC(=O)N1CCCCCC1)c1ccccc1OC(C)C. The van der Waals surface area contributed by atoms with Crippen LogP contribution in [0.2, 0.25) is 0 Å². The second-order valence-corrected chi connectivity index (χ2v) is 6.85. The highest BCUT2D eigenvalue weighted by Crippen LogP contribution is 2.29. The molecule has 2 amide bonds. The number of carbonyl (C=O) groups excluding carboxylic acids is 2. The fourth-order valence-electron chi connectivity index (χ4n) is 3.17. The molecular formula is C20H30N2O3. The summed E-state index contributed by atoms with van der Waals surface area (Å²) in [5.41, 5.74) is 0.729. The summed E-state index contributed by atoms with van der Waals surface area (Å²) in [6.07, 6.45) is 4.91. The first-order chi connectivity index (χ1) is 12.0. The average Bonchev–Trinajstić information content (AvgIpc) is 2.85. The van der Waals surface area contributed by atoms with Gasteiger partial charge in [-0.3, -0.25) is 9.59 Å².